The Morgan fingerprint density at radius 2 is 1.89 bits per heavy atom. The van der Waals surface area contributed by atoms with E-state index < -0.39 is 9.84 Å². The zero-order chi connectivity index (χ0) is 12.3. The molecule has 6 atom stereocenters. The maximum atomic E-state index is 12.5. The molecule has 3 aliphatic heterocycles. The van der Waals surface area contributed by atoms with E-state index in [0.717, 1.165) is 26.1 Å². The molecule has 0 aromatic heterocycles. The van der Waals surface area contributed by atoms with Crippen LogP contribution >= 0.6 is 0 Å². The molecule has 0 aromatic rings. The Kier molecular flexibility index (Phi) is 2.51. The zero-order valence-electron chi connectivity index (χ0n) is 10.1. The van der Waals surface area contributed by atoms with Crippen molar-refractivity contribution in [2.45, 2.75) is 41.2 Å². The molecule has 4 aliphatic rings. The molecule has 2 bridgehead atoms. The molecule has 0 radical (unpaired) electrons. The van der Waals surface area contributed by atoms with Gasteiger partial charge in [-0.05, 0) is 6.42 Å². The summed E-state index contributed by atoms with van der Waals surface area (Å²) >= 11 is 0. The first-order valence-corrected chi connectivity index (χ1v) is 8.33. The fourth-order valence-corrected chi connectivity index (χ4v) is 6.01. The van der Waals surface area contributed by atoms with E-state index in [4.69, 9.17) is 4.74 Å². The van der Waals surface area contributed by atoms with Crippen molar-refractivity contribution in [3.63, 3.8) is 0 Å². The Balaban J connectivity index is 1.58. The van der Waals surface area contributed by atoms with Gasteiger partial charge >= 0.3 is 0 Å². The number of hydrogen-bond donors (Lipinski definition) is 3. The van der Waals surface area contributed by atoms with Crippen LogP contribution in [0.15, 0.2) is 0 Å². The summed E-state index contributed by atoms with van der Waals surface area (Å²) in [6.07, 6.45) is 0.958. The van der Waals surface area contributed by atoms with Gasteiger partial charge in [0.15, 0.2) is 9.84 Å². The molecule has 6 unspecified atom stereocenters. The highest BCUT2D eigenvalue weighted by Gasteiger charge is 2.57. The minimum Gasteiger partial charge on any atom is -0.369 e. The van der Waals surface area contributed by atoms with Crippen molar-refractivity contribution in [1.82, 2.24) is 16.0 Å². The summed E-state index contributed by atoms with van der Waals surface area (Å²) in [5.74, 6) is 0. The highest BCUT2D eigenvalue weighted by atomic mass is 32.2. The number of hydrogen-bond acceptors (Lipinski definition) is 6. The van der Waals surface area contributed by atoms with Gasteiger partial charge in [-0.2, -0.15) is 0 Å². The van der Waals surface area contributed by atoms with Gasteiger partial charge < -0.3 is 20.7 Å². The molecular formula is C11H19N3O3S. The fourth-order valence-electron chi connectivity index (χ4n) is 3.52. The molecule has 0 amide bonds. The van der Waals surface area contributed by atoms with Crippen LogP contribution in [0, 0.1) is 0 Å². The van der Waals surface area contributed by atoms with Gasteiger partial charge in [-0.3, -0.25) is 0 Å². The highest BCUT2D eigenvalue weighted by Crippen LogP contribution is 2.37. The number of ether oxygens (including phenoxy) is 1. The van der Waals surface area contributed by atoms with E-state index in [1.54, 1.807) is 0 Å². The topological polar surface area (TPSA) is 79.5 Å². The Morgan fingerprint density at radius 1 is 1.00 bits per heavy atom. The van der Waals surface area contributed by atoms with Gasteiger partial charge in [-0.1, -0.05) is 0 Å². The molecule has 3 N–H and O–H groups in total. The lowest BCUT2D eigenvalue weighted by Crippen LogP contribution is -2.68. The number of rotatable bonds is 1. The van der Waals surface area contributed by atoms with Crippen molar-refractivity contribution in [3.05, 3.63) is 0 Å². The molecule has 7 heteroatoms. The van der Waals surface area contributed by atoms with Gasteiger partial charge in [0.25, 0.3) is 0 Å². The Labute approximate surface area is 107 Å². The van der Waals surface area contributed by atoms with E-state index in [0.29, 0.717) is 6.54 Å². The second-order valence-electron chi connectivity index (χ2n) is 5.81. The molecule has 3 heterocycles. The largest absolute Gasteiger partial charge is 0.369 e. The predicted octanol–water partition coefficient (Wildman–Crippen LogP) is -2.16. The lowest BCUT2D eigenvalue weighted by Gasteiger charge is -2.45. The summed E-state index contributed by atoms with van der Waals surface area (Å²) in [6.45, 7) is 2.91. The van der Waals surface area contributed by atoms with Crippen molar-refractivity contribution in [1.29, 1.82) is 0 Å². The molecule has 1 saturated carbocycles. The number of morpholine rings is 2. The van der Waals surface area contributed by atoms with Crippen LogP contribution in [-0.2, 0) is 14.6 Å². The maximum absolute atomic E-state index is 12.5. The summed E-state index contributed by atoms with van der Waals surface area (Å²) < 4.78 is 30.8. The minimum atomic E-state index is -3.00. The van der Waals surface area contributed by atoms with Gasteiger partial charge in [0.1, 0.15) is 0 Å². The van der Waals surface area contributed by atoms with Crippen LogP contribution in [0.2, 0.25) is 0 Å². The maximum Gasteiger partial charge on any atom is 0.160 e. The van der Waals surface area contributed by atoms with E-state index >= 15 is 0 Å². The van der Waals surface area contributed by atoms with Gasteiger partial charge in [0.2, 0.25) is 0 Å². The zero-order valence-corrected chi connectivity index (χ0v) is 10.9. The van der Waals surface area contributed by atoms with Crippen LogP contribution in [0.1, 0.15) is 6.42 Å². The molecule has 102 valence electrons. The first-order chi connectivity index (χ1) is 8.66. The van der Waals surface area contributed by atoms with Crippen LogP contribution < -0.4 is 16.0 Å². The smallest absolute Gasteiger partial charge is 0.160 e. The van der Waals surface area contributed by atoms with E-state index in [1.165, 1.54) is 0 Å². The summed E-state index contributed by atoms with van der Waals surface area (Å²) in [4.78, 5) is 0. The van der Waals surface area contributed by atoms with Crippen molar-refractivity contribution < 1.29 is 13.2 Å². The minimum absolute atomic E-state index is 0.0191. The third-order valence-electron chi connectivity index (χ3n) is 4.62. The normalized spacial score (nSPS) is 53.6. The summed E-state index contributed by atoms with van der Waals surface area (Å²) in [5, 5.41) is 9.58. The molecule has 0 aromatic carbocycles. The standard InChI is InChI=1S/C11H19N3O3S/c15-18(16)9-1-7(9)13-5-10(18)11-8-4-12-2-6(17-8)3-14-11/h6-14H,1-5H2. The van der Waals surface area contributed by atoms with Gasteiger partial charge in [0.05, 0.1) is 28.7 Å². The summed E-state index contributed by atoms with van der Waals surface area (Å²) in [5.41, 5.74) is 0. The Hall–Kier alpha value is -0.210. The highest BCUT2D eigenvalue weighted by molar-refractivity contribution is 7.93. The van der Waals surface area contributed by atoms with Crippen LogP contribution in [0.3, 0.4) is 0 Å². The van der Waals surface area contributed by atoms with Crippen molar-refractivity contribution in [2.75, 3.05) is 26.2 Å². The van der Waals surface area contributed by atoms with Crippen molar-refractivity contribution in [3.8, 4) is 0 Å². The number of sulfone groups is 1. The lowest BCUT2D eigenvalue weighted by molar-refractivity contribution is -0.0833. The monoisotopic (exact) mass is 273 g/mol. The van der Waals surface area contributed by atoms with Crippen molar-refractivity contribution >= 4 is 9.84 Å². The molecule has 4 rings (SSSR count). The van der Waals surface area contributed by atoms with Crippen LogP contribution in [0.5, 0.6) is 0 Å². The second kappa shape index (κ2) is 3.89. The SMILES string of the molecule is O=S1(=O)C2CC2NCC1C1NCC2CNCC1O2. The van der Waals surface area contributed by atoms with Crippen molar-refractivity contribution in [2.24, 2.45) is 0 Å². The molecule has 4 fully saturated rings. The average molecular weight is 273 g/mol. The first kappa shape index (κ1) is 11.6. The van der Waals surface area contributed by atoms with Crippen LogP contribution in [-0.4, -0.2) is 69.4 Å². The van der Waals surface area contributed by atoms with E-state index in [-0.39, 0.29) is 34.8 Å². The van der Waals surface area contributed by atoms with Gasteiger partial charge in [-0.15, -0.1) is 0 Å². The molecule has 18 heavy (non-hydrogen) atoms. The summed E-state index contributed by atoms with van der Waals surface area (Å²) in [6, 6.07) is 0.140. The number of nitrogens with one attached hydrogen (secondary N) is 3. The fraction of sp³-hybridized carbons (Fsp3) is 1.00. The van der Waals surface area contributed by atoms with E-state index in [1.807, 2.05) is 0 Å². The molecular weight excluding hydrogens is 254 g/mol. The average Bonchev–Trinajstić information content (AvgIpc) is 3.12. The van der Waals surface area contributed by atoms with Crippen LogP contribution in [0.25, 0.3) is 0 Å². The van der Waals surface area contributed by atoms with Gasteiger partial charge in [0, 0.05) is 32.2 Å². The third kappa shape index (κ3) is 1.65. The Bertz CT molecular complexity index is 454. The predicted molar refractivity (Wildman–Crippen MR) is 66.2 cm³/mol. The first-order valence-electron chi connectivity index (χ1n) is 6.72. The van der Waals surface area contributed by atoms with E-state index in [2.05, 4.69) is 16.0 Å². The van der Waals surface area contributed by atoms with E-state index in [9.17, 15) is 8.42 Å². The summed E-state index contributed by atoms with van der Waals surface area (Å²) in [7, 11) is -3.00. The molecule has 3 saturated heterocycles. The quantitative estimate of drug-likeness (QED) is 0.505. The Morgan fingerprint density at radius 3 is 2.78 bits per heavy atom. The molecule has 1 aliphatic carbocycles. The second-order valence-corrected chi connectivity index (χ2v) is 8.19. The van der Waals surface area contributed by atoms with Crippen LogP contribution in [0.4, 0.5) is 0 Å². The number of fused-ring (bicyclic) bond motifs is 3. The van der Waals surface area contributed by atoms with Gasteiger partial charge in [-0.25, -0.2) is 8.42 Å². The molecule has 6 nitrogen and oxygen atoms in total. The third-order valence-corrected chi connectivity index (χ3v) is 7.29. The molecule has 0 spiro atoms. The lowest BCUT2D eigenvalue weighted by atomic mass is 10.0.